The van der Waals surface area contributed by atoms with Crippen LogP contribution in [0, 0.1) is 0 Å². The molecule has 0 aliphatic heterocycles. The predicted molar refractivity (Wildman–Crippen MR) is 90.9 cm³/mol. The van der Waals surface area contributed by atoms with Gasteiger partial charge in [0, 0.05) is 25.7 Å². The molecule has 0 aliphatic rings. The topological polar surface area (TPSA) is 63.3 Å². The van der Waals surface area contributed by atoms with Crippen molar-refractivity contribution in [3.63, 3.8) is 0 Å². The number of anilines is 1. The average molecular weight is 325 g/mol. The molecule has 1 aromatic rings. The summed E-state index contributed by atoms with van der Waals surface area (Å²) >= 11 is 0. The highest BCUT2D eigenvalue weighted by atomic mass is 16.5. The zero-order valence-corrected chi connectivity index (χ0v) is 14.8. The number of nitrogens with zero attached hydrogens (tertiary/aromatic N) is 2. The van der Waals surface area contributed by atoms with E-state index in [1.165, 1.54) is 21.3 Å². The van der Waals surface area contributed by atoms with Crippen molar-refractivity contribution < 1.29 is 19.0 Å². The third-order valence-corrected chi connectivity index (χ3v) is 3.36. The summed E-state index contributed by atoms with van der Waals surface area (Å²) in [6, 6.07) is 3.22. The molecular formula is C16H27N3O4. The summed E-state index contributed by atoms with van der Waals surface area (Å²) in [4.78, 5) is 16.0. The van der Waals surface area contributed by atoms with Crippen LogP contribution < -0.4 is 19.5 Å². The molecule has 7 heteroatoms. The fraction of sp³-hybridized carbons (Fsp3) is 0.562. The van der Waals surface area contributed by atoms with Gasteiger partial charge in [-0.3, -0.25) is 0 Å². The van der Waals surface area contributed by atoms with Crippen LogP contribution in [0.2, 0.25) is 0 Å². The molecule has 130 valence electrons. The van der Waals surface area contributed by atoms with Crippen LogP contribution >= 0.6 is 0 Å². The first-order valence-electron chi connectivity index (χ1n) is 7.39. The van der Waals surface area contributed by atoms with Crippen LogP contribution in [0.5, 0.6) is 17.2 Å². The number of urea groups is 1. The van der Waals surface area contributed by atoms with Crippen molar-refractivity contribution in [2.24, 2.45) is 0 Å². The van der Waals surface area contributed by atoms with E-state index in [4.69, 9.17) is 14.2 Å². The van der Waals surface area contributed by atoms with Gasteiger partial charge >= 0.3 is 6.03 Å². The minimum atomic E-state index is -0.182. The summed E-state index contributed by atoms with van der Waals surface area (Å²) in [5, 5.41) is 2.84. The van der Waals surface area contributed by atoms with Crippen LogP contribution in [0.4, 0.5) is 10.5 Å². The van der Waals surface area contributed by atoms with Crippen molar-refractivity contribution >= 4 is 11.7 Å². The van der Waals surface area contributed by atoms with Gasteiger partial charge in [-0.05, 0) is 27.1 Å². The smallest absolute Gasteiger partial charge is 0.321 e. The lowest BCUT2D eigenvalue weighted by molar-refractivity contribution is 0.220. The normalized spacial score (nSPS) is 10.4. The minimum Gasteiger partial charge on any atom is -0.493 e. The largest absolute Gasteiger partial charge is 0.493 e. The first kappa shape index (κ1) is 18.9. The van der Waals surface area contributed by atoms with Gasteiger partial charge in [0.25, 0.3) is 0 Å². The molecule has 7 nitrogen and oxygen atoms in total. The number of methoxy groups -OCH3 is 3. The van der Waals surface area contributed by atoms with Gasteiger partial charge < -0.3 is 29.3 Å². The monoisotopic (exact) mass is 325 g/mol. The van der Waals surface area contributed by atoms with Crippen molar-refractivity contribution in [1.82, 2.24) is 9.80 Å². The summed E-state index contributed by atoms with van der Waals surface area (Å²) in [7, 11) is 10.4. The fourth-order valence-corrected chi connectivity index (χ4v) is 2.10. The molecule has 2 amide bonds. The summed E-state index contributed by atoms with van der Waals surface area (Å²) < 4.78 is 15.8. The van der Waals surface area contributed by atoms with Gasteiger partial charge in [0.1, 0.15) is 0 Å². The SMILES string of the molecule is COc1cc(NC(=O)N(C)CCCN(C)C)cc(OC)c1OC. The van der Waals surface area contributed by atoms with Crippen molar-refractivity contribution in [1.29, 1.82) is 0 Å². The molecule has 0 spiro atoms. The van der Waals surface area contributed by atoms with E-state index in [0.29, 0.717) is 29.5 Å². The number of ether oxygens (including phenoxy) is 3. The third kappa shape index (κ3) is 5.52. The maximum absolute atomic E-state index is 12.2. The molecule has 0 radical (unpaired) electrons. The van der Waals surface area contributed by atoms with Crippen LogP contribution in [-0.2, 0) is 0 Å². The molecule has 23 heavy (non-hydrogen) atoms. The summed E-state index contributed by atoms with van der Waals surface area (Å²) in [5.74, 6) is 1.49. The highest BCUT2D eigenvalue weighted by molar-refractivity contribution is 5.90. The quantitative estimate of drug-likeness (QED) is 0.793. The Kier molecular flexibility index (Phi) is 7.47. The van der Waals surface area contributed by atoms with Crippen LogP contribution in [0.3, 0.4) is 0 Å². The Morgan fingerprint density at radius 2 is 1.57 bits per heavy atom. The van der Waals surface area contributed by atoms with E-state index >= 15 is 0 Å². The van der Waals surface area contributed by atoms with Gasteiger partial charge in [0.2, 0.25) is 5.75 Å². The van der Waals surface area contributed by atoms with Crippen LogP contribution in [0.1, 0.15) is 6.42 Å². The van der Waals surface area contributed by atoms with Crippen molar-refractivity contribution in [3.05, 3.63) is 12.1 Å². The Balaban J connectivity index is 2.77. The van der Waals surface area contributed by atoms with E-state index in [9.17, 15) is 4.79 Å². The molecule has 0 bridgehead atoms. The zero-order valence-electron chi connectivity index (χ0n) is 14.8. The average Bonchev–Trinajstić information content (AvgIpc) is 2.53. The number of hydrogen-bond donors (Lipinski definition) is 1. The van der Waals surface area contributed by atoms with Crippen molar-refractivity contribution in [3.8, 4) is 17.2 Å². The number of nitrogens with one attached hydrogen (secondary N) is 1. The van der Waals surface area contributed by atoms with Gasteiger partial charge in [-0.1, -0.05) is 0 Å². The third-order valence-electron chi connectivity index (χ3n) is 3.36. The molecule has 0 heterocycles. The number of carbonyl (C=O) groups is 1. The maximum Gasteiger partial charge on any atom is 0.321 e. The standard InChI is InChI=1S/C16H27N3O4/c1-18(2)8-7-9-19(3)16(20)17-12-10-13(21-4)15(23-6)14(11-12)22-5/h10-11H,7-9H2,1-6H3,(H,17,20). The lowest BCUT2D eigenvalue weighted by Gasteiger charge is -2.20. The molecule has 1 aromatic carbocycles. The second-order valence-corrected chi connectivity index (χ2v) is 5.42. The first-order chi connectivity index (χ1) is 10.9. The van der Waals surface area contributed by atoms with Gasteiger partial charge in [0.05, 0.1) is 27.0 Å². The lowest BCUT2D eigenvalue weighted by atomic mass is 10.2. The van der Waals surface area contributed by atoms with Crippen LogP contribution in [0.25, 0.3) is 0 Å². The molecule has 0 atom stereocenters. The van der Waals surface area contributed by atoms with Crippen LogP contribution in [-0.4, -0.2) is 71.4 Å². The summed E-state index contributed by atoms with van der Waals surface area (Å²) in [6.07, 6.45) is 0.909. The van der Waals surface area contributed by atoms with E-state index in [-0.39, 0.29) is 6.03 Å². The zero-order chi connectivity index (χ0) is 17.4. The molecular weight excluding hydrogens is 298 g/mol. The summed E-state index contributed by atoms with van der Waals surface area (Å²) in [5.41, 5.74) is 0.587. The lowest BCUT2D eigenvalue weighted by Crippen LogP contribution is -2.33. The van der Waals surface area contributed by atoms with E-state index in [1.54, 1.807) is 24.1 Å². The molecule has 0 saturated carbocycles. The number of rotatable bonds is 8. The Bertz CT molecular complexity index is 495. The Labute approximate surface area is 138 Å². The van der Waals surface area contributed by atoms with Crippen LogP contribution in [0.15, 0.2) is 12.1 Å². The molecule has 1 rings (SSSR count). The van der Waals surface area contributed by atoms with E-state index in [1.807, 2.05) is 14.1 Å². The Morgan fingerprint density at radius 3 is 2.00 bits per heavy atom. The molecule has 1 N–H and O–H groups in total. The minimum absolute atomic E-state index is 0.182. The summed E-state index contributed by atoms with van der Waals surface area (Å²) in [6.45, 7) is 1.61. The maximum atomic E-state index is 12.2. The Morgan fingerprint density at radius 1 is 1.00 bits per heavy atom. The number of carbonyl (C=O) groups excluding carboxylic acids is 1. The fourth-order valence-electron chi connectivity index (χ4n) is 2.10. The Hall–Kier alpha value is -2.15. The highest BCUT2D eigenvalue weighted by Crippen LogP contribution is 2.39. The molecule has 0 saturated heterocycles. The van der Waals surface area contributed by atoms with Gasteiger partial charge in [-0.15, -0.1) is 0 Å². The van der Waals surface area contributed by atoms with Gasteiger partial charge in [0.15, 0.2) is 11.5 Å². The van der Waals surface area contributed by atoms with Crippen molar-refractivity contribution in [2.45, 2.75) is 6.42 Å². The van der Waals surface area contributed by atoms with E-state index in [2.05, 4.69) is 10.2 Å². The molecule has 0 unspecified atom stereocenters. The number of benzene rings is 1. The highest BCUT2D eigenvalue weighted by Gasteiger charge is 2.15. The van der Waals surface area contributed by atoms with Crippen molar-refractivity contribution in [2.75, 3.05) is 60.9 Å². The number of amides is 2. The molecule has 0 aromatic heterocycles. The molecule has 0 fully saturated rings. The second-order valence-electron chi connectivity index (χ2n) is 5.42. The molecule has 0 aliphatic carbocycles. The first-order valence-corrected chi connectivity index (χ1v) is 7.39. The van der Waals surface area contributed by atoms with E-state index < -0.39 is 0 Å². The predicted octanol–water partition coefficient (Wildman–Crippen LogP) is 2.13. The number of hydrogen-bond acceptors (Lipinski definition) is 5. The van der Waals surface area contributed by atoms with Gasteiger partial charge in [-0.2, -0.15) is 0 Å². The van der Waals surface area contributed by atoms with E-state index in [0.717, 1.165) is 13.0 Å². The van der Waals surface area contributed by atoms with Gasteiger partial charge in [-0.25, -0.2) is 4.79 Å². The second kappa shape index (κ2) is 9.09.